The number of anilines is 1. The molecule has 0 saturated carbocycles. The van der Waals surface area contributed by atoms with Gasteiger partial charge in [0.1, 0.15) is 0 Å². The molecule has 0 saturated heterocycles. The number of aromatic amines is 1. The van der Waals surface area contributed by atoms with Crippen molar-refractivity contribution < 1.29 is 0 Å². The molecule has 1 heterocycles. The van der Waals surface area contributed by atoms with E-state index in [0.29, 0.717) is 0 Å². The predicted molar refractivity (Wildman–Crippen MR) is 53.6 cm³/mol. The molecular formula is C7H12N6. The van der Waals surface area contributed by atoms with Crippen LogP contribution in [0.5, 0.6) is 0 Å². The van der Waals surface area contributed by atoms with Crippen LogP contribution in [0, 0.1) is 0 Å². The molecule has 0 aliphatic rings. The summed E-state index contributed by atoms with van der Waals surface area (Å²) in [6.45, 7) is 0. The zero-order chi connectivity index (χ0) is 9.68. The molecule has 6 heteroatoms. The van der Waals surface area contributed by atoms with Crippen molar-refractivity contribution >= 4 is 17.6 Å². The summed E-state index contributed by atoms with van der Waals surface area (Å²) in [6, 6.07) is 1.82. The zero-order valence-electron chi connectivity index (χ0n) is 7.28. The van der Waals surface area contributed by atoms with E-state index in [1.54, 1.807) is 19.4 Å². The lowest BCUT2D eigenvalue weighted by Crippen LogP contribution is -2.25. The molecule has 0 aliphatic carbocycles. The third kappa shape index (κ3) is 2.86. The van der Waals surface area contributed by atoms with Crippen LogP contribution in [-0.4, -0.2) is 24.0 Å². The van der Waals surface area contributed by atoms with Crippen LogP contribution in [0.3, 0.4) is 0 Å². The molecule has 0 unspecified atom stereocenters. The van der Waals surface area contributed by atoms with Gasteiger partial charge in [0.15, 0.2) is 0 Å². The number of H-pyrrole nitrogens is 1. The van der Waals surface area contributed by atoms with Gasteiger partial charge in [0.2, 0.25) is 11.9 Å². The number of nitrogens with zero attached hydrogens (tertiary/aromatic N) is 2. The normalized spacial score (nSPS) is 13.0. The fourth-order valence-corrected chi connectivity index (χ4v) is 0.751. The van der Waals surface area contributed by atoms with Gasteiger partial charge >= 0.3 is 0 Å². The molecule has 0 radical (unpaired) electrons. The summed E-state index contributed by atoms with van der Waals surface area (Å²) < 4.78 is 0. The summed E-state index contributed by atoms with van der Waals surface area (Å²) >= 11 is 0. The van der Waals surface area contributed by atoms with Crippen molar-refractivity contribution in [2.45, 2.75) is 0 Å². The second-order valence-electron chi connectivity index (χ2n) is 2.30. The second-order valence-corrected chi connectivity index (χ2v) is 2.30. The monoisotopic (exact) mass is 180 g/mol. The molecule has 0 fully saturated rings. The van der Waals surface area contributed by atoms with Gasteiger partial charge in [-0.2, -0.15) is 4.99 Å². The van der Waals surface area contributed by atoms with E-state index >= 15 is 0 Å². The molecule has 0 aromatic carbocycles. The van der Waals surface area contributed by atoms with Crippen LogP contribution >= 0.6 is 0 Å². The molecule has 0 bridgehead atoms. The Hall–Kier alpha value is -1.98. The van der Waals surface area contributed by atoms with E-state index in [2.05, 4.69) is 20.3 Å². The zero-order valence-corrected chi connectivity index (χ0v) is 7.28. The number of aliphatic imine (C=N–C) groups is 2. The number of guanidine groups is 2. The Morgan fingerprint density at radius 1 is 1.54 bits per heavy atom. The molecule has 1 rings (SSSR count). The van der Waals surface area contributed by atoms with Crippen LogP contribution in [0.25, 0.3) is 0 Å². The topological polar surface area (TPSA) is 105 Å². The fraction of sp³-hybridized carbons (Fsp3) is 0.143. The highest BCUT2D eigenvalue weighted by atomic mass is 15.2. The van der Waals surface area contributed by atoms with Crippen molar-refractivity contribution in [1.82, 2.24) is 4.98 Å². The number of hydrogen-bond acceptors (Lipinski definition) is 1. The molecule has 1 aromatic rings. The van der Waals surface area contributed by atoms with Crippen molar-refractivity contribution in [2.24, 2.45) is 21.5 Å². The highest BCUT2D eigenvalue weighted by Crippen LogP contribution is 2.01. The minimum atomic E-state index is 0.139. The molecule has 0 atom stereocenters. The summed E-state index contributed by atoms with van der Waals surface area (Å²) in [5.41, 5.74) is 11.7. The minimum Gasteiger partial charge on any atom is -0.369 e. The smallest absolute Gasteiger partial charge is 0.218 e. The fourth-order valence-electron chi connectivity index (χ4n) is 0.751. The standard InChI is InChI=1S/C7H12N6/c1-10-6(8)13-7(9)12-5-2-3-11-4-5/h2-4,11H,1H3,(H5,8,9,10,12,13). The Bertz CT molecular complexity index is 310. The van der Waals surface area contributed by atoms with Gasteiger partial charge in [-0.25, -0.2) is 0 Å². The molecule has 6 nitrogen and oxygen atoms in total. The number of hydrogen-bond donors (Lipinski definition) is 4. The first-order valence-corrected chi connectivity index (χ1v) is 3.68. The average molecular weight is 180 g/mol. The maximum absolute atomic E-state index is 5.51. The van der Waals surface area contributed by atoms with E-state index in [1.807, 2.05) is 6.07 Å². The summed E-state index contributed by atoms with van der Waals surface area (Å²) in [6.07, 6.45) is 3.52. The highest BCUT2D eigenvalue weighted by molar-refractivity contribution is 6.00. The maximum Gasteiger partial charge on any atom is 0.218 e. The molecule has 0 amide bonds. The quantitative estimate of drug-likeness (QED) is 0.352. The highest BCUT2D eigenvalue weighted by Gasteiger charge is 1.94. The van der Waals surface area contributed by atoms with Crippen molar-refractivity contribution in [3.05, 3.63) is 18.5 Å². The number of aromatic nitrogens is 1. The van der Waals surface area contributed by atoms with Crippen LogP contribution in [0.15, 0.2) is 28.4 Å². The summed E-state index contributed by atoms with van der Waals surface area (Å²) in [4.78, 5) is 10.3. The molecule has 13 heavy (non-hydrogen) atoms. The largest absolute Gasteiger partial charge is 0.369 e. The summed E-state index contributed by atoms with van der Waals surface area (Å²) in [7, 11) is 1.54. The molecule has 70 valence electrons. The molecule has 6 N–H and O–H groups in total. The van der Waals surface area contributed by atoms with E-state index < -0.39 is 0 Å². The van der Waals surface area contributed by atoms with Gasteiger partial charge < -0.3 is 21.8 Å². The first-order valence-electron chi connectivity index (χ1n) is 3.68. The predicted octanol–water partition coefficient (Wildman–Crippen LogP) is -0.314. The Morgan fingerprint density at radius 2 is 2.31 bits per heavy atom. The third-order valence-electron chi connectivity index (χ3n) is 1.33. The van der Waals surface area contributed by atoms with E-state index in [0.717, 1.165) is 5.69 Å². The minimum absolute atomic E-state index is 0.139. The van der Waals surface area contributed by atoms with Crippen LogP contribution in [-0.2, 0) is 0 Å². The van der Waals surface area contributed by atoms with Gasteiger partial charge in [-0.1, -0.05) is 0 Å². The van der Waals surface area contributed by atoms with Gasteiger partial charge in [0.05, 0.1) is 5.69 Å². The SMILES string of the molecule is CN=C(N)N=C(N)Nc1cc[nH]c1. The third-order valence-corrected chi connectivity index (χ3v) is 1.33. The van der Waals surface area contributed by atoms with Gasteiger partial charge in [-0.3, -0.25) is 4.99 Å². The van der Waals surface area contributed by atoms with E-state index in [1.165, 1.54) is 0 Å². The van der Waals surface area contributed by atoms with Crippen LogP contribution in [0.4, 0.5) is 5.69 Å². The Labute approximate surface area is 75.8 Å². The first-order chi connectivity index (χ1) is 6.22. The summed E-state index contributed by atoms with van der Waals surface area (Å²) in [5.74, 6) is 0.350. The lowest BCUT2D eigenvalue weighted by molar-refractivity contribution is 1.34. The maximum atomic E-state index is 5.51. The van der Waals surface area contributed by atoms with Gasteiger partial charge in [0.25, 0.3) is 0 Å². The Morgan fingerprint density at radius 3 is 2.85 bits per heavy atom. The Kier molecular flexibility index (Phi) is 2.91. The van der Waals surface area contributed by atoms with E-state index in [-0.39, 0.29) is 11.9 Å². The number of nitrogens with two attached hydrogens (primary N) is 2. The van der Waals surface area contributed by atoms with Crippen LogP contribution in [0.2, 0.25) is 0 Å². The van der Waals surface area contributed by atoms with Gasteiger partial charge in [-0.15, -0.1) is 0 Å². The van der Waals surface area contributed by atoms with Gasteiger partial charge in [0, 0.05) is 19.4 Å². The van der Waals surface area contributed by atoms with Crippen molar-refractivity contribution in [3.63, 3.8) is 0 Å². The van der Waals surface area contributed by atoms with Crippen LogP contribution in [0.1, 0.15) is 0 Å². The second kappa shape index (κ2) is 4.15. The molecule has 1 aromatic heterocycles. The van der Waals surface area contributed by atoms with E-state index in [9.17, 15) is 0 Å². The lowest BCUT2D eigenvalue weighted by atomic mass is 10.5. The average Bonchev–Trinajstić information content (AvgIpc) is 2.56. The lowest BCUT2D eigenvalue weighted by Gasteiger charge is -2.00. The molecule has 0 aliphatic heterocycles. The first kappa shape index (κ1) is 9.11. The Balaban J connectivity index is 2.60. The van der Waals surface area contributed by atoms with Crippen molar-refractivity contribution in [2.75, 3.05) is 12.4 Å². The van der Waals surface area contributed by atoms with E-state index in [4.69, 9.17) is 11.5 Å². The number of rotatable bonds is 1. The summed E-state index contributed by atoms with van der Waals surface area (Å²) in [5, 5.41) is 2.82. The van der Waals surface area contributed by atoms with Crippen LogP contribution < -0.4 is 16.8 Å². The molecular weight excluding hydrogens is 168 g/mol. The van der Waals surface area contributed by atoms with Crippen molar-refractivity contribution in [1.29, 1.82) is 0 Å². The number of nitrogens with one attached hydrogen (secondary N) is 2. The molecule has 0 spiro atoms. The van der Waals surface area contributed by atoms with Gasteiger partial charge in [-0.05, 0) is 6.07 Å². The van der Waals surface area contributed by atoms with Crippen molar-refractivity contribution in [3.8, 4) is 0 Å².